The first-order chi connectivity index (χ1) is 7.79. The monoisotopic (exact) mass is 210 g/mol. The Hall–Kier alpha value is -2.54. The molecule has 1 aromatic carbocycles. The summed E-state index contributed by atoms with van der Waals surface area (Å²) in [6.45, 7) is 0. The summed E-state index contributed by atoms with van der Waals surface area (Å²) in [5, 5.41) is 12.0. The molecular formula is C12H10N4. The molecule has 0 bridgehead atoms. The number of rotatable bonds is 2. The molecular weight excluding hydrogens is 200 g/mol. The van der Waals surface area contributed by atoms with Gasteiger partial charge in [0.2, 0.25) is 0 Å². The number of anilines is 3. The summed E-state index contributed by atoms with van der Waals surface area (Å²) in [5.74, 6) is 0.551. The minimum Gasteiger partial charge on any atom is -0.399 e. The Labute approximate surface area is 93.4 Å². The van der Waals surface area contributed by atoms with Crippen LogP contribution in [0.2, 0.25) is 0 Å². The molecule has 16 heavy (non-hydrogen) atoms. The molecule has 0 aliphatic rings. The molecule has 0 aliphatic heterocycles. The summed E-state index contributed by atoms with van der Waals surface area (Å²) in [4.78, 5) is 4.10. The van der Waals surface area contributed by atoms with E-state index in [1.165, 1.54) is 0 Å². The Morgan fingerprint density at radius 1 is 1.19 bits per heavy atom. The number of aromatic nitrogens is 1. The van der Waals surface area contributed by atoms with Gasteiger partial charge in [-0.3, -0.25) is 0 Å². The van der Waals surface area contributed by atoms with Gasteiger partial charge in [0.25, 0.3) is 0 Å². The maximum atomic E-state index is 8.89. The van der Waals surface area contributed by atoms with E-state index in [-0.39, 0.29) is 0 Å². The molecule has 0 radical (unpaired) electrons. The van der Waals surface area contributed by atoms with Crippen molar-refractivity contribution in [2.45, 2.75) is 0 Å². The van der Waals surface area contributed by atoms with Crippen molar-refractivity contribution in [3.8, 4) is 6.07 Å². The van der Waals surface area contributed by atoms with Crippen molar-refractivity contribution in [1.29, 1.82) is 5.26 Å². The van der Waals surface area contributed by atoms with Gasteiger partial charge in [-0.2, -0.15) is 5.26 Å². The number of nitrogens with one attached hydrogen (secondary N) is 1. The first-order valence-electron chi connectivity index (χ1n) is 4.77. The third-order valence-electron chi connectivity index (χ3n) is 2.10. The van der Waals surface area contributed by atoms with Gasteiger partial charge in [-0.05, 0) is 36.4 Å². The summed E-state index contributed by atoms with van der Waals surface area (Å²) >= 11 is 0. The van der Waals surface area contributed by atoms with Crippen LogP contribution in [0.5, 0.6) is 0 Å². The molecule has 0 saturated carbocycles. The van der Waals surface area contributed by atoms with Crippen LogP contribution in [0.1, 0.15) is 5.56 Å². The molecule has 2 aromatic rings. The van der Waals surface area contributed by atoms with Gasteiger partial charge in [-0.25, -0.2) is 4.98 Å². The zero-order chi connectivity index (χ0) is 11.4. The van der Waals surface area contributed by atoms with Gasteiger partial charge in [0.05, 0.1) is 5.56 Å². The van der Waals surface area contributed by atoms with Gasteiger partial charge in [-0.1, -0.05) is 0 Å². The molecule has 0 saturated heterocycles. The number of nitrogens with zero attached hydrogens (tertiary/aromatic N) is 2. The van der Waals surface area contributed by atoms with Crippen molar-refractivity contribution < 1.29 is 0 Å². The lowest BCUT2D eigenvalue weighted by Crippen LogP contribution is -1.96. The van der Waals surface area contributed by atoms with Crippen LogP contribution in [0, 0.1) is 11.3 Å². The van der Waals surface area contributed by atoms with Gasteiger partial charge in [-0.15, -0.1) is 0 Å². The van der Waals surface area contributed by atoms with Crippen LogP contribution in [0.25, 0.3) is 0 Å². The number of benzene rings is 1. The van der Waals surface area contributed by atoms with Crippen molar-refractivity contribution in [2.75, 3.05) is 11.1 Å². The van der Waals surface area contributed by atoms with E-state index in [0.29, 0.717) is 17.1 Å². The molecule has 1 aromatic heterocycles. The highest BCUT2D eigenvalue weighted by atomic mass is 15.0. The fourth-order valence-corrected chi connectivity index (χ4v) is 1.30. The molecule has 0 spiro atoms. The highest BCUT2D eigenvalue weighted by Crippen LogP contribution is 2.18. The highest BCUT2D eigenvalue weighted by Gasteiger charge is 2.01. The summed E-state index contributed by atoms with van der Waals surface area (Å²) < 4.78 is 0. The maximum absolute atomic E-state index is 8.89. The molecule has 4 heteroatoms. The third-order valence-corrected chi connectivity index (χ3v) is 2.10. The maximum Gasteiger partial charge on any atom is 0.148 e. The molecule has 0 fully saturated rings. The second kappa shape index (κ2) is 4.32. The number of hydrogen-bond donors (Lipinski definition) is 2. The SMILES string of the molecule is N#Cc1cccnc1Nc1ccc(N)cc1. The Bertz CT molecular complexity index is 525. The Morgan fingerprint density at radius 2 is 1.94 bits per heavy atom. The minimum absolute atomic E-state index is 0.513. The zero-order valence-corrected chi connectivity index (χ0v) is 8.51. The van der Waals surface area contributed by atoms with E-state index in [1.807, 2.05) is 12.1 Å². The van der Waals surface area contributed by atoms with Crippen molar-refractivity contribution >= 4 is 17.2 Å². The van der Waals surface area contributed by atoms with Crippen LogP contribution in [-0.2, 0) is 0 Å². The standard InChI is InChI=1S/C12H10N4/c13-8-9-2-1-7-15-12(9)16-11-5-3-10(14)4-6-11/h1-7H,14H2,(H,15,16). The summed E-state index contributed by atoms with van der Waals surface area (Å²) in [5.41, 5.74) is 7.65. The summed E-state index contributed by atoms with van der Waals surface area (Å²) in [7, 11) is 0. The Morgan fingerprint density at radius 3 is 2.62 bits per heavy atom. The first kappa shape index (κ1) is 9.99. The van der Waals surface area contributed by atoms with E-state index in [9.17, 15) is 0 Å². The molecule has 0 atom stereocenters. The lowest BCUT2D eigenvalue weighted by molar-refractivity contribution is 1.28. The van der Waals surface area contributed by atoms with E-state index >= 15 is 0 Å². The van der Waals surface area contributed by atoms with Gasteiger partial charge in [0.15, 0.2) is 0 Å². The number of pyridine rings is 1. The fraction of sp³-hybridized carbons (Fsp3) is 0. The van der Waals surface area contributed by atoms with Crippen molar-refractivity contribution in [3.05, 3.63) is 48.2 Å². The van der Waals surface area contributed by atoms with E-state index in [1.54, 1.807) is 30.5 Å². The van der Waals surface area contributed by atoms with Crippen LogP contribution < -0.4 is 11.1 Å². The van der Waals surface area contributed by atoms with Crippen LogP contribution in [0.4, 0.5) is 17.2 Å². The first-order valence-corrected chi connectivity index (χ1v) is 4.77. The van der Waals surface area contributed by atoms with E-state index in [0.717, 1.165) is 5.69 Å². The predicted octanol–water partition coefficient (Wildman–Crippen LogP) is 2.28. The number of nitrogens with two attached hydrogens (primary N) is 1. The lowest BCUT2D eigenvalue weighted by atomic mass is 10.2. The van der Waals surface area contributed by atoms with Crippen LogP contribution in [-0.4, -0.2) is 4.98 Å². The smallest absolute Gasteiger partial charge is 0.148 e. The predicted molar refractivity (Wildman–Crippen MR) is 63.1 cm³/mol. The Balaban J connectivity index is 2.27. The van der Waals surface area contributed by atoms with Crippen LogP contribution >= 0.6 is 0 Å². The van der Waals surface area contributed by atoms with E-state index < -0.39 is 0 Å². The second-order valence-electron chi connectivity index (χ2n) is 3.26. The third kappa shape index (κ3) is 2.10. The molecule has 4 nitrogen and oxygen atoms in total. The average molecular weight is 210 g/mol. The van der Waals surface area contributed by atoms with Crippen LogP contribution in [0.3, 0.4) is 0 Å². The molecule has 78 valence electrons. The molecule has 1 heterocycles. The van der Waals surface area contributed by atoms with Gasteiger partial charge < -0.3 is 11.1 Å². The second-order valence-corrected chi connectivity index (χ2v) is 3.26. The quantitative estimate of drug-likeness (QED) is 0.745. The van der Waals surface area contributed by atoms with Crippen molar-refractivity contribution in [2.24, 2.45) is 0 Å². The van der Waals surface area contributed by atoms with Gasteiger partial charge in [0, 0.05) is 17.6 Å². The lowest BCUT2D eigenvalue weighted by Gasteiger charge is -2.06. The van der Waals surface area contributed by atoms with E-state index in [4.69, 9.17) is 11.0 Å². The average Bonchev–Trinajstić information content (AvgIpc) is 2.33. The summed E-state index contributed by atoms with van der Waals surface area (Å²) in [6.07, 6.45) is 1.64. The van der Waals surface area contributed by atoms with Crippen molar-refractivity contribution in [1.82, 2.24) is 4.98 Å². The molecule has 2 rings (SSSR count). The largest absolute Gasteiger partial charge is 0.399 e. The van der Waals surface area contributed by atoms with Crippen molar-refractivity contribution in [3.63, 3.8) is 0 Å². The number of nitriles is 1. The Kier molecular flexibility index (Phi) is 2.70. The molecule has 0 aliphatic carbocycles. The van der Waals surface area contributed by atoms with Gasteiger partial charge in [0.1, 0.15) is 11.9 Å². The van der Waals surface area contributed by atoms with Crippen LogP contribution in [0.15, 0.2) is 42.6 Å². The number of nitrogen functional groups attached to an aromatic ring is 1. The topological polar surface area (TPSA) is 74.7 Å². The zero-order valence-electron chi connectivity index (χ0n) is 8.51. The van der Waals surface area contributed by atoms with Gasteiger partial charge >= 0.3 is 0 Å². The molecule has 0 unspecified atom stereocenters. The highest BCUT2D eigenvalue weighted by molar-refractivity contribution is 5.63. The van der Waals surface area contributed by atoms with E-state index in [2.05, 4.69) is 16.4 Å². The normalized spacial score (nSPS) is 9.44. The minimum atomic E-state index is 0.513. The molecule has 3 N–H and O–H groups in total. The molecule has 0 amide bonds. The summed E-state index contributed by atoms with van der Waals surface area (Å²) in [6, 6.07) is 12.8. The number of hydrogen-bond acceptors (Lipinski definition) is 4. The fourth-order valence-electron chi connectivity index (χ4n) is 1.30.